The molecular weight excluding hydrogens is 232 g/mol. The predicted octanol–water partition coefficient (Wildman–Crippen LogP) is 3.06. The average molecular weight is 254 g/mol. The van der Waals surface area contributed by atoms with Gasteiger partial charge in [0.05, 0.1) is 17.3 Å². The van der Waals surface area contributed by atoms with Gasteiger partial charge in [-0.15, -0.1) is 11.3 Å². The van der Waals surface area contributed by atoms with E-state index in [9.17, 15) is 0 Å². The summed E-state index contributed by atoms with van der Waals surface area (Å²) >= 11 is 1.76. The first-order valence-electron chi connectivity index (χ1n) is 6.50. The highest BCUT2D eigenvalue weighted by Gasteiger charge is 2.18. The zero-order valence-corrected chi connectivity index (χ0v) is 11.6. The van der Waals surface area contributed by atoms with Gasteiger partial charge < -0.3 is 10.1 Å². The van der Waals surface area contributed by atoms with Gasteiger partial charge in [-0.2, -0.15) is 0 Å². The Kier molecular flexibility index (Phi) is 4.95. The Balaban J connectivity index is 1.77. The number of nitrogens with zero attached hydrogens (tertiary/aromatic N) is 1. The van der Waals surface area contributed by atoms with Gasteiger partial charge >= 0.3 is 0 Å². The minimum atomic E-state index is 0.462. The lowest BCUT2D eigenvalue weighted by Gasteiger charge is -2.16. The molecule has 1 fully saturated rings. The fourth-order valence-electron chi connectivity index (χ4n) is 2.47. The molecule has 1 N–H and O–H groups in total. The minimum absolute atomic E-state index is 0.462. The highest BCUT2D eigenvalue weighted by molar-refractivity contribution is 7.09. The number of hydrogen-bond donors (Lipinski definition) is 1. The third kappa shape index (κ3) is 3.50. The second-order valence-electron chi connectivity index (χ2n) is 4.71. The Morgan fingerprint density at radius 3 is 3.12 bits per heavy atom. The van der Waals surface area contributed by atoms with Crippen molar-refractivity contribution in [1.82, 2.24) is 10.3 Å². The van der Waals surface area contributed by atoms with E-state index in [0.717, 1.165) is 6.61 Å². The summed E-state index contributed by atoms with van der Waals surface area (Å²) in [5, 5.41) is 3.40. The van der Waals surface area contributed by atoms with Crippen LogP contribution in [-0.2, 0) is 4.74 Å². The van der Waals surface area contributed by atoms with Crippen LogP contribution in [0.1, 0.15) is 48.7 Å². The summed E-state index contributed by atoms with van der Waals surface area (Å²) in [6.45, 7) is 3.06. The second-order valence-corrected chi connectivity index (χ2v) is 5.60. The summed E-state index contributed by atoms with van der Waals surface area (Å²) in [5.41, 5.74) is 3.11. The Bertz CT molecular complexity index is 334. The van der Waals surface area contributed by atoms with Crippen molar-refractivity contribution in [2.24, 2.45) is 0 Å². The standard InChI is InChI=1S/C13H22N2OS/c1-10-13(17-9-15-10)12(14-2)7-3-5-11-6-4-8-16-11/h9,11-12,14H,3-8H2,1-2H3. The number of hydrogen-bond acceptors (Lipinski definition) is 4. The molecule has 1 saturated heterocycles. The molecule has 4 heteroatoms. The van der Waals surface area contributed by atoms with Gasteiger partial charge in [0.1, 0.15) is 0 Å². The molecule has 0 aromatic carbocycles. The molecule has 2 unspecified atom stereocenters. The molecule has 0 saturated carbocycles. The van der Waals surface area contributed by atoms with Crippen LogP contribution in [0.15, 0.2) is 5.51 Å². The van der Waals surface area contributed by atoms with Crippen LogP contribution in [0.2, 0.25) is 0 Å². The number of rotatable bonds is 6. The lowest BCUT2D eigenvalue weighted by molar-refractivity contribution is 0.101. The molecule has 0 amide bonds. The van der Waals surface area contributed by atoms with Crippen molar-refractivity contribution < 1.29 is 4.74 Å². The van der Waals surface area contributed by atoms with Crippen LogP contribution in [0.5, 0.6) is 0 Å². The summed E-state index contributed by atoms with van der Waals surface area (Å²) in [4.78, 5) is 5.71. The average Bonchev–Trinajstić information content (AvgIpc) is 2.96. The Hall–Kier alpha value is -0.450. The van der Waals surface area contributed by atoms with Gasteiger partial charge in [-0.05, 0) is 46.1 Å². The van der Waals surface area contributed by atoms with E-state index in [1.807, 2.05) is 12.6 Å². The summed E-state index contributed by atoms with van der Waals surface area (Å²) in [7, 11) is 2.04. The van der Waals surface area contributed by atoms with Crippen molar-refractivity contribution in [1.29, 1.82) is 0 Å². The molecule has 2 heterocycles. The summed E-state index contributed by atoms with van der Waals surface area (Å²) in [6, 6.07) is 0.462. The molecular formula is C13H22N2OS. The molecule has 0 radical (unpaired) electrons. The first-order valence-corrected chi connectivity index (χ1v) is 7.38. The highest BCUT2D eigenvalue weighted by atomic mass is 32.1. The molecule has 1 aliphatic heterocycles. The number of aromatic nitrogens is 1. The van der Waals surface area contributed by atoms with E-state index in [1.165, 1.54) is 42.7 Å². The van der Waals surface area contributed by atoms with Crippen molar-refractivity contribution in [2.45, 2.75) is 51.2 Å². The molecule has 1 aromatic heterocycles. The van der Waals surface area contributed by atoms with Crippen LogP contribution >= 0.6 is 11.3 Å². The number of nitrogens with one attached hydrogen (secondary N) is 1. The quantitative estimate of drug-likeness (QED) is 0.847. The van der Waals surface area contributed by atoms with Crippen LogP contribution < -0.4 is 5.32 Å². The zero-order valence-electron chi connectivity index (χ0n) is 10.7. The van der Waals surface area contributed by atoms with Crippen LogP contribution in [0.4, 0.5) is 0 Å². The van der Waals surface area contributed by atoms with Gasteiger partial charge in [0, 0.05) is 17.5 Å². The van der Waals surface area contributed by atoms with Gasteiger partial charge in [0.25, 0.3) is 0 Å². The maximum atomic E-state index is 5.65. The minimum Gasteiger partial charge on any atom is -0.378 e. The summed E-state index contributed by atoms with van der Waals surface area (Å²) in [6.07, 6.45) is 6.64. The van der Waals surface area contributed by atoms with Gasteiger partial charge in [0.2, 0.25) is 0 Å². The van der Waals surface area contributed by atoms with E-state index in [4.69, 9.17) is 4.74 Å². The summed E-state index contributed by atoms with van der Waals surface area (Å²) < 4.78 is 5.65. The van der Waals surface area contributed by atoms with E-state index in [0.29, 0.717) is 12.1 Å². The first-order chi connectivity index (χ1) is 8.31. The maximum Gasteiger partial charge on any atom is 0.0798 e. The Morgan fingerprint density at radius 2 is 2.53 bits per heavy atom. The lowest BCUT2D eigenvalue weighted by Crippen LogP contribution is -2.17. The largest absolute Gasteiger partial charge is 0.378 e. The maximum absolute atomic E-state index is 5.65. The molecule has 1 aliphatic rings. The predicted molar refractivity (Wildman–Crippen MR) is 71.5 cm³/mol. The van der Waals surface area contributed by atoms with Crippen molar-refractivity contribution in [3.8, 4) is 0 Å². The monoisotopic (exact) mass is 254 g/mol. The van der Waals surface area contributed by atoms with Gasteiger partial charge in [-0.3, -0.25) is 0 Å². The Morgan fingerprint density at radius 1 is 1.65 bits per heavy atom. The van der Waals surface area contributed by atoms with Crippen LogP contribution in [0, 0.1) is 6.92 Å². The van der Waals surface area contributed by atoms with E-state index >= 15 is 0 Å². The molecule has 0 bridgehead atoms. The van der Waals surface area contributed by atoms with E-state index in [1.54, 1.807) is 11.3 Å². The highest BCUT2D eigenvalue weighted by Crippen LogP contribution is 2.27. The molecule has 2 atom stereocenters. The van der Waals surface area contributed by atoms with Gasteiger partial charge in [-0.1, -0.05) is 0 Å². The fraction of sp³-hybridized carbons (Fsp3) is 0.769. The van der Waals surface area contributed by atoms with Gasteiger partial charge in [0.15, 0.2) is 0 Å². The van der Waals surface area contributed by atoms with Crippen LogP contribution in [-0.4, -0.2) is 24.7 Å². The van der Waals surface area contributed by atoms with Gasteiger partial charge in [-0.25, -0.2) is 4.98 Å². The SMILES string of the molecule is CNC(CCCC1CCCO1)c1scnc1C. The molecule has 2 rings (SSSR count). The molecule has 3 nitrogen and oxygen atoms in total. The molecule has 17 heavy (non-hydrogen) atoms. The Labute approximate surface area is 108 Å². The number of aryl methyl sites for hydroxylation is 1. The normalized spacial score (nSPS) is 21.9. The first kappa shape index (κ1) is 13.0. The molecule has 0 aliphatic carbocycles. The second kappa shape index (κ2) is 6.47. The lowest BCUT2D eigenvalue weighted by atomic mass is 10.0. The molecule has 1 aromatic rings. The molecule has 96 valence electrons. The van der Waals surface area contributed by atoms with E-state index < -0.39 is 0 Å². The van der Waals surface area contributed by atoms with Crippen molar-refractivity contribution in [2.75, 3.05) is 13.7 Å². The summed E-state index contributed by atoms with van der Waals surface area (Å²) in [5.74, 6) is 0. The third-order valence-electron chi connectivity index (χ3n) is 3.49. The van der Waals surface area contributed by atoms with Crippen molar-refractivity contribution in [3.05, 3.63) is 16.1 Å². The smallest absolute Gasteiger partial charge is 0.0798 e. The third-order valence-corrected chi connectivity index (χ3v) is 4.54. The topological polar surface area (TPSA) is 34.1 Å². The number of thiazole rings is 1. The number of ether oxygens (including phenoxy) is 1. The van der Waals surface area contributed by atoms with E-state index in [-0.39, 0.29) is 0 Å². The van der Waals surface area contributed by atoms with Crippen LogP contribution in [0.3, 0.4) is 0 Å². The van der Waals surface area contributed by atoms with Crippen molar-refractivity contribution >= 4 is 11.3 Å². The zero-order chi connectivity index (χ0) is 12.1. The fourth-order valence-corrected chi connectivity index (χ4v) is 3.42. The van der Waals surface area contributed by atoms with Crippen molar-refractivity contribution in [3.63, 3.8) is 0 Å². The molecule has 0 spiro atoms. The van der Waals surface area contributed by atoms with Crippen LogP contribution in [0.25, 0.3) is 0 Å². The van der Waals surface area contributed by atoms with E-state index in [2.05, 4.69) is 17.2 Å².